The molecule has 17 heavy (non-hydrogen) atoms. The summed E-state index contributed by atoms with van der Waals surface area (Å²) in [5.41, 5.74) is 2.73. The summed E-state index contributed by atoms with van der Waals surface area (Å²) in [6.07, 6.45) is 4.53. The summed E-state index contributed by atoms with van der Waals surface area (Å²) in [7, 11) is 0. The molecule has 1 fully saturated rings. The van der Waals surface area contributed by atoms with Gasteiger partial charge in [-0.2, -0.15) is 0 Å². The molecule has 4 heteroatoms. The fourth-order valence-electron chi connectivity index (χ4n) is 3.12. The van der Waals surface area contributed by atoms with Gasteiger partial charge in [-0.05, 0) is 32.2 Å². The Kier molecular flexibility index (Phi) is 2.92. The largest absolute Gasteiger partial charge is 0.381 e. The fourth-order valence-corrected chi connectivity index (χ4v) is 3.12. The van der Waals surface area contributed by atoms with Gasteiger partial charge in [-0.25, -0.2) is 0 Å². The molecule has 1 spiro atoms. The van der Waals surface area contributed by atoms with Gasteiger partial charge in [0, 0.05) is 30.7 Å². The average molecular weight is 236 g/mol. The van der Waals surface area contributed by atoms with E-state index in [-0.39, 0.29) is 5.41 Å². The summed E-state index contributed by atoms with van der Waals surface area (Å²) in [5.74, 6) is 1.16. The summed E-state index contributed by atoms with van der Waals surface area (Å²) >= 11 is 0. The number of fused-ring (bicyclic) bond motifs is 2. The third kappa shape index (κ3) is 1.79. The molecular weight excluding hydrogens is 216 g/mol. The lowest BCUT2D eigenvalue weighted by Crippen LogP contribution is -2.31. The van der Waals surface area contributed by atoms with Gasteiger partial charge in [0.2, 0.25) is 0 Å². The Morgan fingerprint density at radius 3 is 2.88 bits per heavy atom. The van der Waals surface area contributed by atoms with Gasteiger partial charge in [-0.1, -0.05) is 12.1 Å². The Labute approximate surface area is 102 Å². The van der Waals surface area contributed by atoms with E-state index in [1.54, 1.807) is 0 Å². The highest BCUT2D eigenvalue weighted by atomic mass is 16.5. The van der Waals surface area contributed by atoms with Gasteiger partial charge >= 0.3 is 0 Å². The summed E-state index contributed by atoms with van der Waals surface area (Å²) in [6.45, 7) is 5.65. The second-order valence-electron chi connectivity index (χ2n) is 5.11. The third-order valence-corrected chi connectivity index (χ3v) is 4.20. The van der Waals surface area contributed by atoms with Gasteiger partial charge in [0.05, 0.1) is 0 Å². The van der Waals surface area contributed by atoms with Crippen molar-refractivity contribution in [2.45, 2.75) is 44.6 Å². The molecule has 3 rings (SSSR count). The topological polar surface area (TPSA) is 47.3 Å². The van der Waals surface area contributed by atoms with Crippen molar-refractivity contribution < 1.29 is 9.26 Å². The van der Waals surface area contributed by atoms with E-state index in [4.69, 9.17) is 9.26 Å². The van der Waals surface area contributed by atoms with Crippen LogP contribution in [0.3, 0.4) is 0 Å². The third-order valence-electron chi connectivity index (χ3n) is 4.20. The molecule has 0 bridgehead atoms. The van der Waals surface area contributed by atoms with Crippen LogP contribution in [0.5, 0.6) is 0 Å². The first kappa shape index (κ1) is 11.2. The number of hydrogen-bond acceptors (Lipinski definition) is 4. The molecule has 4 nitrogen and oxygen atoms in total. The van der Waals surface area contributed by atoms with Gasteiger partial charge in [-0.3, -0.25) is 0 Å². The molecule has 1 aliphatic heterocycles. The molecule has 2 aliphatic rings. The van der Waals surface area contributed by atoms with Crippen molar-refractivity contribution in [3.05, 3.63) is 17.0 Å². The Bertz CT molecular complexity index is 394. The zero-order valence-corrected chi connectivity index (χ0v) is 10.4. The van der Waals surface area contributed by atoms with Crippen molar-refractivity contribution in [2.24, 2.45) is 0 Å². The fraction of sp³-hybridized carbons (Fsp3) is 0.769. The highest BCUT2D eigenvalue weighted by molar-refractivity contribution is 5.35. The normalized spacial score (nSPS) is 21.9. The summed E-state index contributed by atoms with van der Waals surface area (Å²) in [5, 5.41) is 7.57. The summed E-state index contributed by atoms with van der Waals surface area (Å²) in [6, 6.07) is 0. The molecule has 1 aliphatic carbocycles. The number of rotatable bonds is 3. The Morgan fingerprint density at radius 2 is 2.12 bits per heavy atom. The molecule has 94 valence electrons. The lowest BCUT2D eigenvalue weighted by Gasteiger charge is -2.31. The molecular formula is C13H20N2O2. The Hall–Kier alpha value is -0.870. The first-order valence-corrected chi connectivity index (χ1v) is 6.62. The van der Waals surface area contributed by atoms with Crippen LogP contribution < -0.4 is 5.32 Å². The number of ether oxygens (including phenoxy) is 1. The molecule has 0 aromatic carbocycles. The second kappa shape index (κ2) is 4.42. The van der Waals surface area contributed by atoms with E-state index in [9.17, 15) is 0 Å². The van der Waals surface area contributed by atoms with Crippen LogP contribution in [0.25, 0.3) is 0 Å². The van der Waals surface area contributed by atoms with Crippen LogP contribution in [0.1, 0.15) is 43.2 Å². The predicted molar refractivity (Wildman–Crippen MR) is 63.9 cm³/mol. The molecule has 1 N–H and O–H groups in total. The zero-order chi connectivity index (χ0) is 11.7. The molecule has 0 atom stereocenters. The van der Waals surface area contributed by atoms with Gasteiger partial charge in [0.15, 0.2) is 0 Å². The molecule has 0 unspecified atom stereocenters. The first-order chi connectivity index (χ1) is 8.36. The van der Waals surface area contributed by atoms with Crippen LogP contribution in [-0.2, 0) is 23.1 Å². The summed E-state index contributed by atoms with van der Waals surface area (Å²) in [4.78, 5) is 0. The van der Waals surface area contributed by atoms with E-state index in [2.05, 4.69) is 17.4 Å². The van der Waals surface area contributed by atoms with Crippen molar-refractivity contribution in [1.29, 1.82) is 0 Å². The quantitative estimate of drug-likeness (QED) is 0.869. The molecule has 0 saturated carbocycles. The summed E-state index contributed by atoms with van der Waals surface area (Å²) < 4.78 is 11.1. The minimum Gasteiger partial charge on any atom is -0.381 e. The maximum absolute atomic E-state index is 5.65. The number of nitrogens with one attached hydrogen (secondary N) is 1. The highest BCUT2D eigenvalue weighted by Crippen LogP contribution is 2.46. The van der Waals surface area contributed by atoms with Crippen molar-refractivity contribution in [1.82, 2.24) is 10.5 Å². The molecule has 0 radical (unpaired) electrons. The Morgan fingerprint density at radius 1 is 1.29 bits per heavy atom. The van der Waals surface area contributed by atoms with Crippen LogP contribution in [0.4, 0.5) is 0 Å². The van der Waals surface area contributed by atoms with Crippen LogP contribution in [0, 0.1) is 0 Å². The molecule has 1 aromatic heterocycles. The van der Waals surface area contributed by atoms with E-state index in [0.29, 0.717) is 0 Å². The highest BCUT2D eigenvalue weighted by Gasteiger charge is 2.44. The van der Waals surface area contributed by atoms with E-state index in [1.165, 1.54) is 12.0 Å². The number of hydrogen-bond donors (Lipinski definition) is 1. The van der Waals surface area contributed by atoms with Gasteiger partial charge in [0.25, 0.3) is 0 Å². The Balaban J connectivity index is 1.85. The van der Waals surface area contributed by atoms with Crippen LogP contribution in [0.15, 0.2) is 4.52 Å². The maximum atomic E-state index is 5.65. The van der Waals surface area contributed by atoms with Crippen molar-refractivity contribution in [3.8, 4) is 0 Å². The first-order valence-electron chi connectivity index (χ1n) is 6.62. The van der Waals surface area contributed by atoms with E-state index in [1.807, 2.05) is 0 Å². The van der Waals surface area contributed by atoms with Gasteiger partial charge in [-0.15, -0.1) is 0 Å². The van der Waals surface area contributed by atoms with Crippen molar-refractivity contribution >= 4 is 0 Å². The van der Waals surface area contributed by atoms with Gasteiger partial charge in [0.1, 0.15) is 11.5 Å². The van der Waals surface area contributed by atoms with Crippen LogP contribution in [0.2, 0.25) is 0 Å². The van der Waals surface area contributed by atoms with E-state index >= 15 is 0 Å². The minimum atomic E-state index is 0.241. The maximum Gasteiger partial charge on any atom is 0.146 e. The standard InChI is InChI=1S/C13H20N2O2/c1-2-14-9-11-10-3-4-13(12(10)17-15-11)5-7-16-8-6-13/h14H,2-9H2,1H3. The zero-order valence-electron chi connectivity index (χ0n) is 10.4. The van der Waals surface area contributed by atoms with E-state index < -0.39 is 0 Å². The van der Waals surface area contributed by atoms with Crippen molar-refractivity contribution in [2.75, 3.05) is 19.8 Å². The average Bonchev–Trinajstić information content (AvgIpc) is 2.91. The predicted octanol–water partition coefficient (Wildman–Crippen LogP) is 1.78. The van der Waals surface area contributed by atoms with E-state index in [0.717, 1.165) is 57.0 Å². The minimum absolute atomic E-state index is 0.241. The van der Waals surface area contributed by atoms with Crippen LogP contribution >= 0.6 is 0 Å². The monoisotopic (exact) mass is 236 g/mol. The molecule has 2 heterocycles. The number of nitrogens with zero attached hydrogens (tertiary/aromatic N) is 1. The number of aromatic nitrogens is 1. The smallest absolute Gasteiger partial charge is 0.146 e. The molecule has 1 saturated heterocycles. The lowest BCUT2D eigenvalue weighted by molar-refractivity contribution is 0.0407. The van der Waals surface area contributed by atoms with Crippen molar-refractivity contribution in [3.63, 3.8) is 0 Å². The lowest BCUT2D eigenvalue weighted by atomic mass is 9.79. The van der Waals surface area contributed by atoms with Crippen LogP contribution in [-0.4, -0.2) is 24.9 Å². The van der Waals surface area contributed by atoms with Gasteiger partial charge < -0.3 is 14.6 Å². The molecule has 0 amide bonds. The SMILES string of the molecule is CCNCc1noc2c1CCC21CCOCC1. The second-order valence-corrected chi connectivity index (χ2v) is 5.11. The molecule has 1 aromatic rings.